The number of benzene rings is 2. The summed E-state index contributed by atoms with van der Waals surface area (Å²) in [6.45, 7) is 3.63. The quantitative estimate of drug-likeness (QED) is 0.380. The van der Waals surface area contributed by atoms with Crippen LogP contribution in [0, 0.1) is 6.92 Å². The van der Waals surface area contributed by atoms with Crippen molar-refractivity contribution in [3.05, 3.63) is 66.5 Å². The molecule has 1 aromatic heterocycles. The number of aryl methyl sites for hydroxylation is 1. The zero-order chi connectivity index (χ0) is 19.2. The average molecular weight is 376 g/mol. The van der Waals surface area contributed by atoms with Gasteiger partial charge in [-0.05, 0) is 67.1 Å². The Labute approximate surface area is 165 Å². The Morgan fingerprint density at radius 1 is 0.893 bits per heavy atom. The van der Waals surface area contributed by atoms with Gasteiger partial charge in [0, 0.05) is 12.4 Å². The van der Waals surface area contributed by atoms with Gasteiger partial charge in [-0.2, -0.15) is 0 Å². The highest BCUT2D eigenvalue weighted by molar-refractivity contribution is 5.64. The van der Waals surface area contributed by atoms with E-state index in [-0.39, 0.29) is 0 Å². The lowest BCUT2D eigenvalue weighted by atomic mass is 10.1. The predicted molar refractivity (Wildman–Crippen MR) is 108 cm³/mol. The first-order valence-corrected chi connectivity index (χ1v) is 9.68. The Hall–Kier alpha value is -2.92. The lowest BCUT2D eigenvalue weighted by molar-refractivity contribution is 0.299. The summed E-state index contributed by atoms with van der Waals surface area (Å²) in [7, 11) is 0. The molecule has 2 heterocycles. The minimum Gasteiger partial charge on any atom is -0.494 e. The second-order valence-corrected chi connectivity index (χ2v) is 6.99. The summed E-state index contributed by atoms with van der Waals surface area (Å²) in [5.41, 5.74) is 3.26. The van der Waals surface area contributed by atoms with E-state index in [1.54, 1.807) is 12.4 Å². The number of ether oxygens (including phenoxy) is 3. The van der Waals surface area contributed by atoms with Crippen molar-refractivity contribution in [3.63, 3.8) is 0 Å². The molecule has 1 unspecified atom stereocenters. The van der Waals surface area contributed by atoms with Gasteiger partial charge in [-0.15, -0.1) is 0 Å². The Kier molecular flexibility index (Phi) is 5.83. The topological polar surface area (TPSA) is 56.8 Å². The van der Waals surface area contributed by atoms with E-state index < -0.39 is 0 Å². The molecule has 2 aromatic carbocycles. The van der Waals surface area contributed by atoms with E-state index in [9.17, 15) is 0 Å². The summed E-state index contributed by atoms with van der Waals surface area (Å²) in [6, 6.07) is 16.4. The van der Waals surface area contributed by atoms with Crippen LogP contribution in [0.15, 0.2) is 60.9 Å². The first kappa shape index (κ1) is 18.4. The van der Waals surface area contributed by atoms with Crippen LogP contribution in [0.1, 0.15) is 24.8 Å². The summed E-state index contributed by atoms with van der Waals surface area (Å²) in [4.78, 5) is 8.32. The maximum absolute atomic E-state index is 5.82. The summed E-state index contributed by atoms with van der Waals surface area (Å²) in [5.74, 6) is 1.62. The van der Waals surface area contributed by atoms with Crippen LogP contribution in [-0.4, -0.2) is 29.3 Å². The fraction of sp³-hybridized carbons (Fsp3) is 0.304. The smallest absolute Gasteiger partial charge is 0.321 e. The van der Waals surface area contributed by atoms with E-state index in [1.165, 1.54) is 0 Å². The summed E-state index contributed by atoms with van der Waals surface area (Å²) in [6.07, 6.45) is 7.36. The molecule has 0 spiro atoms. The molecular formula is C23H24N2O3. The first-order valence-electron chi connectivity index (χ1n) is 9.68. The molecule has 1 fully saturated rings. The monoisotopic (exact) mass is 376 g/mol. The molecule has 144 valence electrons. The van der Waals surface area contributed by atoms with Gasteiger partial charge < -0.3 is 14.2 Å². The summed E-state index contributed by atoms with van der Waals surface area (Å²) in [5, 5.41) is 0. The lowest BCUT2D eigenvalue weighted by Crippen LogP contribution is -1.98. The van der Waals surface area contributed by atoms with Crippen LogP contribution in [0.3, 0.4) is 0 Å². The predicted octanol–water partition coefficient (Wildman–Crippen LogP) is 5.19. The lowest BCUT2D eigenvalue weighted by Gasteiger charge is -2.08. The maximum Gasteiger partial charge on any atom is 0.321 e. The third-order valence-corrected chi connectivity index (χ3v) is 4.60. The van der Waals surface area contributed by atoms with Crippen molar-refractivity contribution in [2.45, 2.75) is 32.3 Å². The molecule has 1 saturated heterocycles. The molecule has 5 heteroatoms. The molecule has 0 amide bonds. The van der Waals surface area contributed by atoms with Crippen LogP contribution in [0.4, 0.5) is 0 Å². The fourth-order valence-corrected chi connectivity index (χ4v) is 2.90. The van der Waals surface area contributed by atoms with E-state index in [0.29, 0.717) is 17.9 Å². The summed E-state index contributed by atoms with van der Waals surface area (Å²) >= 11 is 0. The van der Waals surface area contributed by atoms with Crippen LogP contribution >= 0.6 is 0 Å². The highest BCUT2D eigenvalue weighted by atomic mass is 16.6. The number of hydrogen-bond acceptors (Lipinski definition) is 5. The molecular weight excluding hydrogens is 352 g/mol. The number of rotatable bonds is 9. The fourth-order valence-electron chi connectivity index (χ4n) is 2.90. The number of epoxide rings is 1. The highest BCUT2D eigenvalue weighted by Crippen LogP contribution is 2.26. The van der Waals surface area contributed by atoms with Gasteiger partial charge in [0.2, 0.25) is 0 Å². The molecule has 4 rings (SSSR count). The van der Waals surface area contributed by atoms with Crippen molar-refractivity contribution in [1.82, 2.24) is 9.97 Å². The third kappa shape index (κ3) is 5.30. The van der Waals surface area contributed by atoms with Crippen LogP contribution in [0.2, 0.25) is 0 Å². The maximum atomic E-state index is 5.82. The van der Waals surface area contributed by atoms with Crippen LogP contribution in [0.25, 0.3) is 11.1 Å². The van der Waals surface area contributed by atoms with Crippen LogP contribution in [-0.2, 0) is 4.74 Å². The first-order chi connectivity index (χ1) is 13.8. The van der Waals surface area contributed by atoms with Gasteiger partial charge in [-0.25, -0.2) is 9.97 Å². The minimum absolute atomic E-state index is 0.351. The molecule has 28 heavy (non-hydrogen) atoms. The Balaban J connectivity index is 1.28. The van der Waals surface area contributed by atoms with Gasteiger partial charge >= 0.3 is 6.01 Å². The molecule has 1 aliphatic heterocycles. The van der Waals surface area contributed by atoms with Crippen molar-refractivity contribution < 1.29 is 14.2 Å². The van der Waals surface area contributed by atoms with E-state index >= 15 is 0 Å². The second kappa shape index (κ2) is 8.85. The molecule has 3 aromatic rings. The van der Waals surface area contributed by atoms with E-state index in [1.807, 2.05) is 43.3 Å². The zero-order valence-corrected chi connectivity index (χ0v) is 16.0. The number of unbranched alkanes of at least 4 members (excludes halogenated alkanes) is 1. The largest absolute Gasteiger partial charge is 0.494 e. The van der Waals surface area contributed by atoms with Gasteiger partial charge in [0.15, 0.2) is 0 Å². The Morgan fingerprint density at radius 2 is 1.50 bits per heavy atom. The Morgan fingerprint density at radius 3 is 2.11 bits per heavy atom. The summed E-state index contributed by atoms with van der Waals surface area (Å²) < 4.78 is 16.7. The molecule has 0 bridgehead atoms. The number of nitrogens with zero attached hydrogens (tertiary/aromatic N) is 2. The molecule has 1 atom stereocenters. The van der Waals surface area contributed by atoms with Gasteiger partial charge in [0.25, 0.3) is 0 Å². The molecule has 0 radical (unpaired) electrons. The molecule has 0 N–H and O–H groups in total. The van der Waals surface area contributed by atoms with Gasteiger partial charge in [-0.1, -0.05) is 24.3 Å². The van der Waals surface area contributed by atoms with E-state index in [0.717, 1.165) is 54.9 Å². The van der Waals surface area contributed by atoms with Crippen molar-refractivity contribution in [2.24, 2.45) is 0 Å². The van der Waals surface area contributed by atoms with Gasteiger partial charge in [0.1, 0.15) is 11.5 Å². The SMILES string of the molecule is Cc1cnc(Oc2ccc(-c3ccc(OCCCCC4CO4)cc3)cc2)nc1. The second-order valence-electron chi connectivity index (χ2n) is 6.99. The average Bonchev–Trinajstić information content (AvgIpc) is 3.55. The van der Waals surface area contributed by atoms with Gasteiger partial charge in [-0.3, -0.25) is 0 Å². The molecule has 5 nitrogen and oxygen atoms in total. The third-order valence-electron chi connectivity index (χ3n) is 4.60. The van der Waals surface area contributed by atoms with E-state index in [2.05, 4.69) is 22.1 Å². The van der Waals surface area contributed by atoms with Crippen molar-refractivity contribution in [2.75, 3.05) is 13.2 Å². The van der Waals surface area contributed by atoms with Gasteiger partial charge in [0.05, 0.1) is 19.3 Å². The number of hydrogen-bond donors (Lipinski definition) is 0. The van der Waals surface area contributed by atoms with Crippen molar-refractivity contribution in [1.29, 1.82) is 0 Å². The van der Waals surface area contributed by atoms with Crippen LogP contribution in [0.5, 0.6) is 17.5 Å². The zero-order valence-electron chi connectivity index (χ0n) is 16.0. The van der Waals surface area contributed by atoms with E-state index in [4.69, 9.17) is 14.2 Å². The highest BCUT2D eigenvalue weighted by Gasteiger charge is 2.20. The van der Waals surface area contributed by atoms with Crippen molar-refractivity contribution >= 4 is 0 Å². The minimum atomic E-state index is 0.351. The molecule has 0 saturated carbocycles. The molecule has 1 aliphatic rings. The normalized spacial score (nSPS) is 15.2. The van der Waals surface area contributed by atoms with Crippen LogP contribution < -0.4 is 9.47 Å². The number of aromatic nitrogens is 2. The Bertz CT molecular complexity index is 873. The van der Waals surface area contributed by atoms with Crippen molar-refractivity contribution in [3.8, 4) is 28.6 Å². The molecule has 0 aliphatic carbocycles. The standard InChI is InChI=1S/C23H24N2O3/c1-17-14-24-23(25-15-17)28-21-11-7-19(8-12-21)18-5-9-20(10-6-18)26-13-3-2-4-22-16-27-22/h5-12,14-15,22H,2-4,13,16H2,1H3.